The number of anilines is 2. The summed E-state index contributed by atoms with van der Waals surface area (Å²) in [6.07, 6.45) is 0. The summed E-state index contributed by atoms with van der Waals surface area (Å²) in [6, 6.07) is 14.3. The maximum absolute atomic E-state index is 12.7. The first-order chi connectivity index (χ1) is 12.9. The fourth-order valence-corrected chi connectivity index (χ4v) is 4.35. The molecule has 0 saturated carbocycles. The van der Waals surface area contributed by atoms with Crippen molar-refractivity contribution in [2.75, 3.05) is 44.0 Å². The van der Waals surface area contributed by atoms with Gasteiger partial charge in [-0.3, -0.25) is 0 Å². The molecule has 2 N–H and O–H groups in total. The second kappa shape index (κ2) is 7.96. The molecule has 0 atom stereocenters. The minimum absolute atomic E-state index is 0.287. The van der Waals surface area contributed by atoms with Crippen LogP contribution in [0.25, 0.3) is 0 Å². The standard InChI is InChI=1S/C19H22N4O3S/c1-22(17-4-7-19(21)16(12-17)13-20)14-15-2-5-18(6-3-15)27(24,25)23-8-10-26-11-9-23/h2-7,12H,8-11,14,21H2,1H3. The van der Waals surface area contributed by atoms with E-state index in [9.17, 15) is 8.42 Å². The number of nitriles is 1. The number of hydrogen-bond acceptors (Lipinski definition) is 6. The summed E-state index contributed by atoms with van der Waals surface area (Å²) in [5, 5.41) is 9.11. The Labute approximate surface area is 159 Å². The molecular weight excluding hydrogens is 364 g/mol. The van der Waals surface area contributed by atoms with Crippen molar-refractivity contribution in [2.24, 2.45) is 0 Å². The largest absolute Gasteiger partial charge is 0.398 e. The highest BCUT2D eigenvalue weighted by molar-refractivity contribution is 7.89. The number of nitrogens with two attached hydrogens (primary N) is 1. The van der Waals surface area contributed by atoms with Crippen molar-refractivity contribution in [2.45, 2.75) is 11.4 Å². The molecule has 142 valence electrons. The van der Waals surface area contributed by atoms with Gasteiger partial charge < -0.3 is 15.4 Å². The van der Waals surface area contributed by atoms with Crippen LogP contribution in [-0.4, -0.2) is 46.1 Å². The van der Waals surface area contributed by atoms with Gasteiger partial charge in [0, 0.05) is 38.1 Å². The van der Waals surface area contributed by atoms with Crippen LogP contribution >= 0.6 is 0 Å². The predicted molar refractivity (Wildman–Crippen MR) is 104 cm³/mol. The highest BCUT2D eigenvalue weighted by atomic mass is 32.2. The number of nitrogens with zero attached hydrogens (tertiary/aromatic N) is 3. The smallest absolute Gasteiger partial charge is 0.243 e. The second-order valence-corrected chi connectivity index (χ2v) is 8.34. The van der Waals surface area contributed by atoms with E-state index in [2.05, 4.69) is 6.07 Å². The van der Waals surface area contributed by atoms with Crippen LogP contribution in [0.2, 0.25) is 0 Å². The number of benzene rings is 2. The Hall–Kier alpha value is -2.60. The van der Waals surface area contributed by atoms with Crippen LogP contribution in [-0.2, 0) is 21.3 Å². The number of nitrogen functional groups attached to an aromatic ring is 1. The van der Waals surface area contributed by atoms with Crippen LogP contribution < -0.4 is 10.6 Å². The molecule has 0 radical (unpaired) electrons. The van der Waals surface area contributed by atoms with Gasteiger partial charge in [0.25, 0.3) is 0 Å². The van der Waals surface area contributed by atoms with Gasteiger partial charge in [-0.05, 0) is 35.9 Å². The Balaban J connectivity index is 1.73. The van der Waals surface area contributed by atoms with E-state index >= 15 is 0 Å². The Morgan fingerprint density at radius 3 is 2.48 bits per heavy atom. The van der Waals surface area contributed by atoms with Crippen LogP contribution in [0, 0.1) is 11.3 Å². The van der Waals surface area contributed by atoms with Crippen LogP contribution in [0.15, 0.2) is 47.4 Å². The summed E-state index contributed by atoms with van der Waals surface area (Å²) in [5.41, 5.74) is 8.48. The van der Waals surface area contributed by atoms with Crippen molar-refractivity contribution in [3.05, 3.63) is 53.6 Å². The van der Waals surface area contributed by atoms with Crippen LogP contribution in [0.3, 0.4) is 0 Å². The Kier molecular flexibility index (Phi) is 5.65. The van der Waals surface area contributed by atoms with Crippen molar-refractivity contribution < 1.29 is 13.2 Å². The van der Waals surface area contributed by atoms with Gasteiger partial charge in [0.15, 0.2) is 0 Å². The molecule has 1 aliphatic heterocycles. The Morgan fingerprint density at radius 1 is 1.19 bits per heavy atom. The van der Waals surface area contributed by atoms with E-state index in [1.165, 1.54) is 4.31 Å². The van der Waals surface area contributed by atoms with Crippen LogP contribution in [0.1, 0.15) is 11.1 Å². The Bertz CT molecular complexity index is 946. The van der Waals surface area contributed by atoms with Crippen molar-refractivity contribution in [3.63, 3.8) is 0 Å². The first-order valence-corrected chi connectivity index (χ1v) is 10.0. The fourth-order valence-electron chi connectivity index (χ4n) is 2.95. The third kappa shape index (κ3) is 4.22. The maximum atomic E-state index is 12.7. The van der Waals surface area contributed by atoms with E-state index in [4.69, 9.17) is 15.7 Å². The first kappa shape index (κ1) is 19.2. The van der Waals surface area contributed by atoms with Crippen LogP contribution in [0.4, 0.5) is 11.4 Å². The number of morpholine rings is 1. The number of sulfonamides is 1. The third-order valence-electron chi connectivity index (χ3n) is 4.55. The first-order valence-electron chi connectivity index (χ1n) is 8.59. The number of ether oxygens (including phenoxy) is 1. The molecule has 27 heavy (non-hydrogen) atoms. The molecule has 3 rings (SSSR count). The number of rotatable bonds is 5. The molecule has 0 spiro atoms. The molecule has 7 nitrogen and oxygen atoms in total. The molecular formula is C19H22N4O3S. The lowest BCUT2D eigenvalue weighted by molar-refractivity contribution is 0.0730. The zero-order chi connectivity index (χ0) is 19.4. The zero-order valence-corrected chi connectivity index (χ0v) is 15.9. The van der Waals surface area contributed by atoms with Gasteiger partial charge in [0.1, 0.15) is 6.07 Å². The minimum atomic E-state index is -3.48. The molecule has 1 saturated heterocycles. The minimum Gasteiger partial charge on any atom is -0.398 e. The van der Waals surface area contributed by atoms with E-state index in [-0.39, 0.29) is 4.90 Å². The summed E-state index contributed by atoms with van der Waals surface area (Å²) in [6.45, 7) is 2.19. The van der Waals surface area contributed by atoms with Crippen molar-refractivity contribution in [1.82, 2.24) is 4.31 Å². The summed E-state index contributed by atoms with van der Waals surface area (Å²) in [7, 11) is -1.58. The average molecular weight is 386 g/mol. The van der Waals surface area contributed by atoms with E-state index < -0.39 is 10.0 Å². The molecule has 1 aliphatic rings. The van der Waals surface area contributed by atoms with Gasteiger partial charge in [-0.15, -0.1) is 0 Å². The third-order valence-corrected chi connectivity index (χ3v) is 6.46. The van der Waals surface area contributed by atoms with E-state index in [0.29, 0.717) is 44.1 Å². The molecule has 0 bridgehead atoms. The van der Waals surface area contributed by atoms with E-state index in [0.717, 1.165) is 11.3 Å². The predicted octanol–water partition coefficient (Wildman–Crippen LogP) is 1.80. The highest BCUT2D eigenvalue weighted by Crippen LogP contribution is 2.22. The van der Waals surface area contributed by atoms with Crippen molar-refractivity contribution in [3.8, 4) is 6.07 Å². The molecule has 0 aromatic heterocycles. The maximum Gasteiger partial charge on any atom is 0.243 e. The van der Waals surface area contributed by atoms with Gasteiger partial charge >= 0.3 is 0 Å². The zero-order valence-electron chi connectivity index (χ0n) is 15.1. The molecule has 0 amide bonds. The topological polar surface area (TPSA) is 99.7 Å². The van der Waals surface area contributed by atoms with Crippen molar-refractivity contribution >= 4 is 21.4 Å². The molecule has 0 unspecified atom stereocenters. The molecule has 1 heterocycles. The normalized spacial score (nSPS) is 15.3. The molecule has 2 aromatic carbocycles. The summed E-state index contributed by atoms with van der Waals surface area (Å²) >= 11 is 0. The van der Waals surface area contributed by atoms with Gasteiger partial charge in [-0.25, -0.2) is 8.42 Å². The summed E-state index contributed by atoms with van der Waals surface area (Å²) < 4.78 is 32.0. The summed E-state index contributed by atoms with van der Waals surface area (Å²) in [4.78, 5) is 2.27. The lowest BCUT2D eigenvalue weighted by Gasteiger charge is -2.26. The SMILES string of the molecule is CN(Cc1ccc(S(=O)(=O)N2CCOCC2)cc1)c1ccc(N)c(C#N)c1. The lowest BCUT2D eigenvalue weighted by Crippen LogP contribution is -2.40. The Morgan fingerprint density at radius 2 is 1.85 bits per heavy atom. The fraction of sp³-hybridized carbons (Fsp3) is 0.316. The quantitative estimate of drug-likeness (QED) is 0.787. The van der Waals surface area contributed by atoms with E-state index in [1.54, 1.807) is 24.3 Å². The average Bonchev–Trinajstić information content (AvgIpc) is 2.69. The molecule has 2 aromatic rings. The highest BCUT2D eigenvalue weighted by Gasteiger charge is 2.26. The van der Waals surface area contributed by atoms with Crippen LogP contribution in [0.5, 0.6) is 0 Å². The van der Waals surface area contributed by atoms with Crippen molar-refractivity contribution in [1.29, 1.82) is 5.26 Å². The second-order valence-electron chi connectivity index (χ2n) is 6.40. The van der Waals surface area contributed by atoms with Gasteiger partial charge in [-0.2, -0.15) is 9.57 Å². The summed E-state index contributed by atoms with van der Waals surface area (Å²) in [5.74, 6) is 0. The molecule has 0 aliphatic carbocycles. The molecule has 8 heteroatoms. The van der Waals surface area contributed by atoms with Gasteiger partial charge in [-0.1, -0.05) is 12.1 Å². The van der Waals surface area contributed by atoms with E-state index in [1.807, 2.05) is 30.1 Å². The van der Waals surface area contributed by atoms with Gasteiger partial charge in [0.05, 0.1) is 23.7 Å². The number of hydrogen-bond donors (Lipinski definition) is 1. The monoisotopic (exact) mass is 386 g/mol. The molecule has 1 fully saturated rings. The van der Waals surface area contributed by atoms with Gasteiger partial charge in [0.2, 0.25) is 10.0 Å². The lowest BCUT2D eigenvalue weighted by atomic mass is 10.1.